The molecule has 2 atom stereocenters. The number of carbonyl (C=O) groups is 1. The fourth-order valence-corrected chi connectivity index (χ4v) is 2.90. The predicted molar refractivity (Wildman–Crippen MR) is 82.0 cm³/mol. The molecule has 0 fully saturated rings. The van der Waals surface area contributed by atoms with E-state index in [-0.39, 0.29) is 18.0 Å². The van der Waals surface area contributed by atoms with Gasteiger partial charge < -0.3 is 14.8 Å². The van der Waals surface area contributed by atoms with E-state index >= 15 is 0 Å². The summed E-state index contributed by atoms with van der Waals surface area (Å²) in [4.78, 5) is 17.9. The summed E-state index contributed by atoms with van der Waals surface area (Å²) in [7, 11) is 1.84. The molecule has 1 aliphatic rings. The van der Waals surface area contributed by atoms with Crippen molar-refractivity contribution in [2.45, 2.75) is 32.0 Å². The third-order valence-electron chi connectivity index (χ3n) is 3.96. The molecule has 2 aromatic rings. The van der Waals surface area contributed by atoms with Gasteiger partial charge in [0.15, 0.2) is 0 Å². The largest absolute Gasteiger partial charge is 0.336 e. The second kappa shape index (κ2) is 5.69. The summed E-state index contributed by atoms with van der Waals surface area (Å²) >= 11 is 0. The number of carbonyl (C=O) groups excluding carboxylic acids is 1. The highest BCUT2D eigenvalue weighted by atomic mass is 16.2. The van der Waals surface area contributed by atoms with Gasteiger partial charge in [0.2, 0.25) is 5.91 Å². The Hall–Kier alpha value is -2.14. The fraction of sp³-hybridized carbons (Fsp3) is 0.375. The van der Waals surface area contributed by atoms with Gasteiger partial charge in [-0.2, -0.15) is 0 Å². The number of rotatable bonds is 4. The molecule has 3 rings (SSSR count). The highest BCUT2D eigenvalue weighted by Crippen LogP contribution is 2.33. The van der Waals surface area contributed by atoms with Crippen molar-refractivity contribution in [2.75, 3.05) is 11.9 Å². The van der Waals surface area contributed by atoms with Crippen molar-refractivity contribution in [3.63, 3.8) is 0 Å². The van der Waals surface area contributed by atoms with E-state index in [9.17, 15) is 4.79 Å². The van der Waals surface area contributed by atoms with E-state index in [0.29, 0.717) is 6.42 Å². The Morgan fingerprint density at radius 2 is 2.24 bits per heavy atom. The third kappa shape index (κ3) is 2.83. The molecular weight excluding hydrogens is 264 g/mol. The Morgan fingerprint density at radius 3 is 3.00 bits per heavy atom. The van der Waals surface area contributed by atoms with Crippen LogP contribution in [0.5, 0.6) is 0 Å². The summed E-state index contributed by atoms with van der Waals surface area (Å²) in [5.41, 5.74) is 2.19. The number of hydrogen-bond acceptors (Lipinski definition) is 3. The predicted octanol–water partition coefficient (Wildman–Crippen LogP) is 1.97. The minimum atomic E-state index is 0.0726. The van der Waals surface area contributed by atoms with Crippen molar-refractivity contribution in [3.05, 3.63) is 48.5 Å². The Balaban J connectivity index is 1.76. The van der Waals surface area contributed by atoms with Gasteiger partial charge in [0.1, 0.15) is 0 Å². The molecule has 21 heavy (non-hydrogen) atoms. The third-order valence-corrected chi connectivity index (χ3v) is 3.96. The van der Waals surface area contributed by atoms with E-state index in [0.717, 1.165) is 12.2 Å². The zero-order chi connectivity index (χ0) is 14.8. The van der Waals surface area contributed by atoms with Gasteiger partial charge in [-0.15, -0.1) is 0 Å². The average molecular weight is 284 g/mol. The van der Waals surface area contributed by atoms with Gasteiger partial charge in [-0.3, -0.25) is 4.79 Å². The summed E-state index contributed by atoms with van der Waals surface area (Å²) in [6, 6.07) is 8.43. The second-order valence-corrected chi connectivity index (χ2v) is 5.60. The van der Waals surface area contributed by atoms with Crippen LogP contribution in [0.25, 0.3) is 0 Å². The summed E-state index contributed by atoms with van der Waals surface area (Å²) < 4.78 is 2.04. The molecular formula is C16H20N4O. The molecule has 0 spiro atoms. The van der Waals surface area contributed by atoms with Gasteiger partial charge in [-0.05, 0) is 18.6 Å². The minimum absolute atomic E-state index is 0.0726. The number of hydrogen-bond donors (Lipinski definition) is 1. The molecule has 1 aromatic heterocycles. The Morgan fingerprint density at radius 1 is 1.43 bits per heavy atom. The molecule has 110 valence electrons. The molecule has 0 radical (unpaired) electrons. The monoisotopic (exact) mass is 284 g/mol. The van der Waals surface area contributed by atoms with Crippen LogP contribution in [-0.2, 0) is 11.3 Å². The summed E-state index contributed by atoms with van der Waals surface area (Å²) in [5, 5.41) is 3.57. The Labute approximate surface area is 124 Å². The number of amides is 1. The molecule has 0 aliphatic carbocycles. The van der Waals surface area contributed by atoms with Crippen LogP contribution in [0.1, 0.15) is 24.9 Å². The maximum absolute atomic E-state index is 12.1. The first-order chi connectivity index (χ1) is 10.1. The van der Waals surface area contributed by atoms with Crippen LogP contribution in [0.3, 0.4) is 0 Å². The highest BCUT2D eigenvalue weighted by molar-refractivity contribution is 5.96. The normalized spacial score (nSPS) is 19.4. The van der Waals surface area contributed by atoms with E-state index < -0.39 is 0 Å². The molecule has 5 nitrogen and oxygen atoms in total. The number of aromatic nitrogens is 2. The highest BCUT2D eigenvalue weighted by Gasteiger charge is 2.29. The first-order valence-electron chi connectivity index (χ1n) is 7.22. The number of benzene rings is 1. The smallest absolute Gasteiger partial charge is 0.228 e. The topological polar surface area (TPSA) is 50.2 Å². The summed E-state index contributed by atoms with van der Waals surface area (Å²) in [6.45, 7) is 2.97. The van der Waals surface area contributed by atoms with E-state index in [1.54, 1.807) is 11.1 Å². The molecule has 1 aliphatic heterocycles. The molecule has 5 heteroatoms. The fourth-order valence-electron chi connectivity index (χ4n) is 2.90. The van der Waals surface area contributed by atoms with E-state index in [2.05, 4.69) is 23.3 Å². The lowest BCUT2D eigenvalue weighted by Crippen LogP contribution is -2.41. The number of imidazole rings is 1. The van der Waals surface area contributed by atoms with Crippen LogP contribution >= 0.6 is 0 Å². The Bertz CT molecular complexity index is 623. The first kappa shape index (κ1) is 13.8. The van der Waals surface area contributed by atoms with E-state index in [1.165, 1.54) is 5.56 Å². The quantitative estimate of drug-likeness (QED) is 0.934. The first-order valence-corrected chi connectivity index (χ1v) is 7.22. The van der Waals surface area contributed by atoms with Gasteiger partial charge in [-0.25, -0.2) is 4.98 Å². The lowest BCUT2D eigenvalue weighted by molar-refractivity contribution is -0.119. The lowest BCUT2D eigenvalue weighted by atomic mass is 9.95. The van der Waals surface area contributed by atoms with E-state index in [1.807, 2.05) is 42.3 Å². The number of para-hydroxylation sites is 1. The molecule has 0 saturated carbocycles. The molecule has 1 N–H and O–H groups in total. The van der Waals surface area contributed by atoms with Gasteiger partial charge in [0, 0.05) is 50.2 Å². The SMILES string of the molecule is CC(Cn1ccnc1)NC1CC(=O)N(C)c2ccccc21. The average Bonchev–Trinajstić information content (AvgIpc) is 2.97. The van der Waals surface area contributed by atoms with Crippen LogP contribution in [0, 0.1) is 0 Å². The molecule has 1 aromatic carbocycles. The summed E-state index contributed by atoms with van der Waals surface area (Å²) in [5.74, 6) is 0.154. The number of nitrogens with zero attached hydrogens (tertiary/aromatic N) is 3. The van der Waals surface area contributed by atoms with Gasteiger partial charge in [0.25, 0.3) is 0 Å². The standard InChI is InChI=1S/C16H20N4O/c1-12(10-20-8-7-17-11-20)18-14-9-16(21)19(2)15-6-4-3-5-13(14)15/h3-8,11-12,14,18H,9-10H2,1-2H3. The van der Waals surface area contributed by atoms with Crippen LogP contribution in [-0.4, -0.2) is 28.5 Å². The summed E-state index contributed by atoms with van der Waals surface area (Å²) in [6.07, 6.45) is 6.04. The molecule has 2 unspecified atom stereocenters. The van der Waals surface area contributed by atoms with Gasteiger partial charge >= 0.3 is 0 Å². The van der Waals surface area contributed by atoms with Crippen molar-refractivity contribution in [2.24, 2.45) is 0 Å². The number of fused-ring (bicyclic) bond motifs is 1. The number of anilines is 1. The van der Waals surface area contributed by atoms with Gasteiger partial charge in [-0.1, -0.05) is 18.2 Å². The lowest BCUT2D eigenvalue weighted by Gasteiger charge is -2.33. The van der Waals surface area contributed by atoms with Crippen LogP contribution in [0.15, 0.2) is 43.0 Å². The Kier molecular flexibility index (Phi) is 3.75. The van der Waals surface area contributed by atoms with E-state index in [4.69, 9.17) is 0 Å². The van der Waals surface area contributed by atoms with Crippen molar-refractivity contribution >= 4 is 11.6 Å². The van der Waals surface area contributed by atoms with Crippen molar-refractivity contribution < 1.29 is 4.79 Å². The second-order valence-electron chi connectivity index (χ2n) is 5.60. The molecule has 2 heterocycles. The minimum Gasteiger partial charge on any atom is -0.336 e. The molecule has 1 amide bonds. The maximum Gasteiger partial charge on any atom is 0.228 e. The zero-order valence-corrected chi connectivity index (χ0v) is 12.4. The number of nitrogens with one attached hydrogen (secondary N) is 1. The van der Waals surface area contributed by atoms with Crippen LogP contribution in [0.4, 0.5) is 5.69 Å². The van der Waals surface area contributed by atoms with Crippen molar-refractivity contribution in [1.82, 2.24) is 14.9 Å². The zero-order valence-electron chi connectivity index (χ0n) is 12.4. The van der Waals surface area contributed by atoms with Crippen molar-refractivity contribution in [1.29, 1.82) is 0 Å². The van der Waals surface area contributed by atoms with Gasteiger partial charge in [0.05, 0.1) is 6.33 Å². The van der Waals surface area contributed by atoms with Crippen LogP contribution < -0.4 is 10.2 Å². The van der Waals surface area contributed by atoms with Crippen molar-refractivity contribution in [3.8, 4) is 0 Å². The van der Waals surface area contributed by atoms with Crippen LogP contribution in [0.2, 0.25) is 0 Å². The molecule has 0 bridgehead atoms. The molecule has 0 saturated heterocycles. The maximum atomic E-state index is 12.1.